The molecule has 0 aliphatic heterocycles. The minimum atomic E-state index is 0.616. The summed E-state index contributed by atoms with van der Waals surface area (Å²) in [6.07, 6.45) is 0. The maximum absolute atomic E-state index is 6.41. The summed E-state index contributed by atoms with van der Waals surface area (Å²) in [7, 11) is 0. The van der Waals surface area contributed by atoms with Crippen molar-refractivity contribution in [2.24, 2.45) is 0 Å². The SMILES string of the molecule is Cc1ccc2c(c1)oc1c2ccc2c3ccccc3n(-c3nc(C)nc(C)n3)c21. The fraction of sp³-hybridized carbons (Fsp3) is 0.125. The third kappa shape index (κ3) is 2.24. The van der Waals surface area contributed by atoms with Crippen LogP contribution in [0.4, 0.5) is 0 Å². The van der Waals surface area contributed by atoms with Gasteiger partial charge < -0.3 is 4.42 Å². The molecule has 0 radical (unpaired) electrons. The number of para-hydroxylation sites is 1. The van der Waals surface area contributed by atoms with Gasteiger partial charge in [0, 0.05) is 21.5 Å². The number of rotatable bonds is 1. The van der Waals surface area contributed by atoms with Crippen LogP contribution in [0.2, 0.25) is 0 Å². The van der Waals surface area contributed by atoms with Gasteiger partial charge in [-0.2, -0.15) is 9.97 Å². The monoisotopic (exact) mass is 378 g/mol. The fourth-order valence-corrected chi connectivity index (χ4v) is 4.30. The van der Waals surface area contributed by atoms with E-state index in [9.17, 15) is 0 Å². The van der Waals surface area contributed by atoms with Crippen LogP contribution in [0.3, 0.4) is 0 Å². The highest BCUT2D eigenvalue weighted by Gasteiger charge is 2.20. The first-order valence-corrected chi connectivity index (χ1v) is 9.65. The molecular weight excluding hydrogens is 360 g/mol. The summed E-state index contributed by atoms with van der Waals surface area (Å²) in [4.78, 5) is 13.7. The van der Waals surface area contributed by atoms with Crippen LogP contribution in [0, 0.1) is 20.8 Å². The van der Waals surface area contributed by atoms with Crippen molar-refractivity contribution in [3.05, 3.63) is 71.8 Å². The van der Waals surface area contributed by atoms with Crippen LogP contribution in [0.25, 0.3) is 49.7 Å². The molecule has 0 fully saturated rings. The van der Waals surface area contributed by atoms with E-state index in [1.54, 1.807) is 0 Å². The first kappa shape index (κ1) is 16.2. The minimum Gasteiger partial charge on any atom is -0.454 e. The van der Waals surface area contributed by atoms with Crippen LogP contribution in [-0.2, 0) is 0 Å². The second-order valence-electron chi connectivity index (χ2n) is 7.52. The van der Waals surface area contributed by atoms with E-state index in [1.807, 2.05) is 19.9 Å². The molecule has 0 saturated heterocycles. The highest BCUT2D eigenvalue weighted by molar-refractivity contribution is 6.21. The van der Waals surface area contributed by atoms with Crippen molar-refractivity contribution in [2.45, 2.75) is 20.8 Å². The number of aromatic nitrogens is 4. The van der Waals surface area contributed by atoms with Gasteiger partial charge in [-0.25, -0.2) is 4.98 Å². The molecular formula is C24H18N4O. The smallest absolute Gasteiger partial charge is 0.238 e. The lowest BCUT2D eigenvalue weighted by atomic mass is 10.1. The largest absolute Gasteiger partial charge is 0.454 e. The number of aryl methyl sites for hydroxylation is 3. The van der Waals surface area contributed by atoms with Gasteiger partial charge in [0.1, 0.15) is 22.7 Å². The van der Waals surface area contributed by atoms with Gasteiger partial charge >= 0.3 is 0 Å². The molecule has 140 valence electrons. The molecule has 3 heterocycles. The molecule has 5 nitrogen and oxygen atoms in total. The molecule has 6 rings (SSSR count). The second-order valence-corrected chi connectivity index (χ2v) is 7.52. The van der Waals surface area contributed by atoms with Crippen molar-refractivity contribution < 1.29 is 4.42 Å². The maximum Gasteiger partial charge on any atom is 0.238 e. The highest BCUT2D eigenvalue weighted by Crippen LogP contribution is 2.39. The van der Waals surface area contributed by atoms with E-state index in [-0.39, 0.29) is 0 Å². The Kier molecular flexibility index (Phi) is 3.16. The Bertz CT molecular complexity index is 1570. The zero-order valence-corrected chi connectivity index (χ0v) is 16.4. The lowest BCUT2D eigenvalue weighted by Gasteiger charge is -2.07. The van der Waals surface area contributed by atoms with Crippen LogP contribution in [0.5, 0.6) is 0 Å². The molecule has 0 saturated carbocycles. The summed E-state index contributed by atoms with van der Waals surface area (Å²) in [6, 6.07) is 19.0. The summed E-state index contributed by atoms with van der Waals surface area (Å²) in [5.74, 6) is 2.02. The highest BCUT2D eigenvalue weighted by atomic mass is 16.3. The number of hydrogen-bond donors (Lipinski definition) is 0. The third-order valence-electron chi connectivity index (χ3n) is 5.48. The topological polar surface area (TPSA) is 56.7 Å². The van der Waals surface area contributed by atoms with E-state index in [2.05, 4.69) is 75.0 Å². The number of fused-ring (bicyclic) bond motifs is 7. The summed E-state index contributed by atoms with van der Waals surface area (Å²) in [6.45, 7) is 5.87. The van der Waals surface area contributed by atoms with Crippen LogP contribution in [-0.4, -0.2) is 19.5 Å². The Labute approximate surface area is 166 Å². The molecule has 0 N–H and O–H groups in total. The first-order valence-electron chi connectivity index (χ1n) is 9.65. The molecule has 3 aromatic carbocycles. The number of nitrogens with zero attached hydrogens (tertiary/aromatic N) is 4. The Morgan fingerprint density at radius 1 is 0.724 bits per heavy atom. The molecule has 3 aromatic heterocycles. The van der Waals surface area contributed by atoms with E-state index in [0.29, 0.717) is 17.6 Å². The standard InChI is InChI=1S/C24H18N4O/c1-13-8-9-17-19-11-10-18-16-6-4-5-7-20(16)28(22(18)23(19)29-21(17)12-13)24-26-14(2)25-15(3)27-24/h4-12H,1-3H3. The minimum absolute atomic E-state index is 0.616. The molecule has 0 spiro atoms. The zero-order valence-electron chi connectivity index (χ0n) is 16.4. The summed E-state index contributed by atoms with van der Waals surface area (Å²) >= 11 is 0. The second kappa shape index (κ2) is 5.64. The van der Waals surface area contributed by atoms with Crippen molar-refractivity contribution in [1.29, 1.82) is 0 Å². The summed E-state index contributed by atoms with van der Waals surface area (Å²) in [5, 5.41) is 4.49. The zero-order chi connectivity index (χ0) is 19.7. The van der Waals surface area contributed by atoms with E-state index in [0.717, 1.165) is 43.7 Å². The lowest BCUT2D eigenvalue weighted by Crippen LogP contribution is -2.06. The van der Waals surface area contributed by atoms with Crippen LogP contribution in [0.15, 0.2) is 59.0 Å². The van der Waals surface area contributed by atoms with Gasteiger partial charge in [0.25, 0.3) is 0 Å². The van der Waals surface area contributed by atoms with Crippen LogP contribution >= 0.6 is 0 Å². The van der Waals surface area contributed by atoms with Crippen molar-refractivity contribution in [2.75, 3.05) is 0 Å². The Morgan fingerprint density at radius 2 is 1.45 bits per heavy atom. The van der Waals surface area contributed by atoms with Gasteiger partial charge in [-0.3, -0.25) is 4.57 Å². The molecule has 0 atom stereocenters. The predicted octanol–water partition coefficient (Wildman–Crippen LogP) is 5.79. The van der Waals surface area contributed by atoms with Gasteiger partial charge in [-0.1, -0.05) is 36.4 Å². The van der Waals surface area contributed by atoms with Gasteiger partial charge in [0.05, 0.1) is 5.52 Å². The van der Waals surface area contributed by atoms with Gasteiger partial charge in [-0.15, -0.1) is 0 Å². The normalized spacial score (nSPS) is 12.0. The van der Waals surface area contributed by atoms with Crippen molar-refractivity contribution in [3.63, 3.8) is 0 Å². The first-order chi connectivity index (χ1) is 14.1. The van der Waals surface area contributed by atoms with Gasteiger partial charge in [0.2, 0.25) is 5.95 Å². The van der Waals surface area contributed by atoms with Crippen molar-refractivity contribution in [1.82, 2.24) is 19.5 Å². The third-order valence-corrected chi connectivity index (χ3v) is 5.48. The summed E-state index contributed by atoms with van der Waals surface area (Å²) in [5.41, 5.74) is 4.97. The molecule has 6 aromatic rings. The van der Waals surface area contributed by atoms with Gasteiger partial charge in [-0.05, 0) is 44.5 Å². The number of benzene rings is 3. The molecule has 0 bridgehead atoms. The molecule has 5 heteroatoms. The Balaban J connectivity index is 1.88. The molecule has 0 aliphatic carbocycles. The van der Waals surface area contributed by atoms with Crippen LogP contribution < -0.4 is 0 Å². The Morgan fingerprint density at radius 3 is 2.28 bits per heavy atom. The summed E-state index contributed by atoms with van der Waals surface area (Å²) < 4.78 is 8.51. The van der Waals surface area contributed by atoms with Crippen LogP contribution in [0.1, 0.15) is 17.2 Å². The maximum atomic E-state index is 6.41. The van der Waals surface area contributed by atoms with Gasteiger partial charge in [0.15, 0.2) is 5.58 Å². The Hall–Kier alpha value is -3.73. The van der Waals surface area contributed by atoms with E-state index in [4.69, 9.17) is 4.42 Å². The van der Waals surface area contributed by atoms with Crippen molar-refractivity contribution in [3.8, 4) is 5.95 Å². The average Bonchev–Trinajstić information content (AvgIpc) is 3.22. The van der Waals surface area contributed by atoms with Crippen molar-refractivity contribution >= 4 is 43.7 Å². The van der Waals surface area contributed by atoms with E-state index >= 15 is 0 Å². The number of furan rings is 1. The molecule has 29 heavy (non-hydrogen) atoms. The molecule has 0 amide bonds. The average molecular weight is 378 g/mol. The number of hydrogen-bond acceptors (Lipinski definition) is 4. The fourth-order valence-electron chi connectivity index (χ4n) is 4.30. The molecule has 0 aliphatic rings. The molecule has 0 unspecified atom stereocenters. The van der Waals surface area contributed by atoms with E-state index in [1.165, 1.54) is 5.56 Å². The lowest BCUT2D eigenvalue weighted by molar-refractivity contribution is 0.670. The predicted molar refractivity (Wildman–Crippen MR) is 116 cm³/mol. The van der Waals surface area contributed by atoms with E-state index < -0.39 is 0 Å². The quantitative estimate of drug-likeness (QED) is 0.363.